The van der Waals surface area contributed by atoms with Gasteiger partial charge < -0.3 is 14.8 Å². The standard InChI is InChI=1S/C21H29N3O4S/c1-4-24-20(26)18(13-19(25)22-14-8-6-5-7-9-14)29-21(24)23-16-12-15(27-2)10-11-17(16)28-3/h10-12,14,18H,4-9,13H2,1-3H3,(H,22,25). The van der Waals surface area contributed by atoms with Crippen LogP contribution in [0.5, 0.6) is 11.5 Å². The Hall–Kier alpha value is -2.22. The molecule has 1 heterocycles. The van der Waals surface area contributed by atoms with E-state index < -0.39 is 5.25 Å². The minimum Gasteiger partial charge on any atom is -0.497 e. The molecule has 0 radical (unpaired) electrons. The number of carbonyl (C=O) groups excluding carboxylic acids is 2. The molecule has 1 aromatic carbocycles. The normalized spacial score (nSPS) is 21.5. The number of thioether (sulfide) groups is 1. The topological polar surface area (TPSA) is 80.2 Å². The van der Waals surface area contributed by atoms with E-state index in [2.05, 4.69) is 10.3 Å². The Kier molecular flexibility index (Phi) is 7.41. The third kappa shape index (κ3) is 5.23. The maximum atomic E-state index is 12.8. The monoisotopic (exact) mass is 419 g/mol. The van der Waals surface area contributed by atoms with Gasteiger partial charge in [0.25, 0.3) is 0 Å². The fourth-order valence-electron chi connectivity index (χ4n) is 3.71. The van der Waals surface area contributed by atoms with Crippen LogP contribution in [0.3, 0.4) is 0 Å². The zero-order chi connectivity index (χ0) is 20.8. The molecule has 1 saturated heterocycles. The van der Waals surface area contributed by atoms with Crippen molar-refractivity contribution in [2.45, 2.75) is 56.7 Å². The van der Waals surface area contributed by atoms with Crippen molar-refractivity contribution in [3.63, 3.8) is 0 Å². The molecule has 1 aromatic rings. The van der Waals surface area contributed by atoms with E-state index in [0.717, 1.165) is 25.7 Å². The number of nitrogens with one attached hydrogen (secondary N) is 1. The molecule has 1 N–H and O–H groups in total. The van der Waals surface area contributed by atoms with Crippen LogP contribution >= 0.6 is 11.8 Å². The lowest BCUT2D eigenvalue weighted by atomic mass is 9.95. The zero-order valence-corrected chi connectivity index (χ0v) is 18.1. The summed E-state index contributed by atoms with van der Waals surface area (Å²) < 4.78 is 10.7. The van der Waals surface area contributed by atoms with Crippen molar-refractivity contribution in [2.75, 3.05) is 20.8 Å². The van der Waals surface area contributed by atoms with Crippen LogP contribution in [0.2, 0.25) is 0 Å². The molecule has 1 aliphatic heterocycles. The van der Waals surface area contributed by atoms with Crippen LogP contribution < -0.4 is 14.8 Å². The molecule has 1 aliphatic carbocycles. The Morgan fingerprint density at radius 1 is 1.24 bits per heavy atom. The Morgan fingerprint density at radius 2 is 2.00 bits per heavy atom. The Morgan fingerprint density at radius 3 is 2.66 bits per heavy atom. The molecular weight excluding hydrogens is 390 g/mol. The highest BCUT2D eigenvalue weighted by atomic mass is 32.2. The van der Waals surface area contributed by atoms with Gasteiger partial charge in [-0.05, 0) is 31.9 Å². The summed E-state index contributed by atoms with van der Waals surface area (Å²) in [6, 6.07) is 5.60. The number of ether oxygens (including phenoxy) is 2. The van der Waals surface area contributed by atoms with Crippen LogP contribution in [0, 0.1) is 0 Å². The summed E-state index contributed by atoms with van der Waals surface area (Å²) in [5.41, 5.74) is 0.591. The van der Waals surface area contributed by atoms with Crippen molar-refractivity contribution in [3.05, 3.63) is 18.2 Å². The van der Waals surface area contributed by atoms with E-state index >= 15 is 0 Å². The molecule has 1 unspecified atom stereocenters. The van der Waals surface area contributed by atoms with E-state index in [1.165, 1.54) is 18.2 Å². The van der Waals surface area contributed by atoms with Crippen LogP contribution in [0.4, 0.5) is 5.69 Å². The molecule has 7 nitrogen and oxygen atoms in total. The van der Waals surface area contributed by atoms with E-state index in [0.29, 0.717) is 28.9 Å². The van der Waals surface area contributed by atoms with Crippen LogP contribution in [0.25, 0.3) is 0 Å². The zero-order valence-electron chi connectivity index (χ0n) is 17.3. The maximum Gasteiger partial charge on any atom is 0.242 e. The number of hydrogen-bond acceptors (Lipinski definition) is 6. The summed E-state index contributed by atoms with van der Waals surface area (Å²) in [5.74, 6) is 1.13. The molecular formula is C21H29N3O4S. The van der Waals surface area contributed by atoms with Gasteiger partial charge in [0.15, 0.2) is 5.17 Å². The second kappa shape index (κ2) is 10.0. The van der Waals surface area contributed by atoms with Gasteiger partial charge in [-0.25, -0.2) is 4.99 Å². The average Bonchev–Trinajstić information content (AvgIpc) is 3.02. The smallest absolute Gasteiger partial charge is 0.242 e. The molecule has 0 bridgehead atoms. The largest absolute Gasteiger partial charge is 0.497 e. The highest BCUT2D eigenvalue weighted by Crippen LogP contribution is 2.36. The van der Waals surface area contributed by atoms with Crippen LogP contribution in [-0.2, 0) is 9.59 Å². The molecule has 0 spiro atoms. The fraction of sp³-hybridized carbons (Fsp3) is 0.571. The quantitative estimate of drug-likeness (QED) is 0.732. The van der Waals surface area contributed by atoms with Gasteiger partial charge in [-0.15, -0.1) is 0 Å². The van der Waals surface area contributed by atoms with Crippen molar-refractivity contribution in [1.29, 1.82) is 0 Å². The predicted octanol–water partition coefficient (Wildman–Crippen LogP) is 3.49. The molecule has 1 saturated carbocycles. The summed E-state index contributed by atoms with van der Waals surface area (Å²) in [7, 11) is 3.17. The van der Waals surface area contributed by atoms with Crippen molar-refractivity contribution >= 4 is 34.4 Å². The van der Waals surface area contributed by atoms with Gasteiger partial charge in [-0.1, -0.05) is 31.0 Å². The van der Waals surface area contributed by atoms with Crippen molar-refractivity contribution in [3.8, 4) is 11.5 Å². The molecule has 8 heteroatoms. The second-order valence-electron chi connectivity index (χ2n) is 7.23. The van der Waals surface area contributed by atoms with Gasteiger partial charge in [0.1, 0.15) is 22.4 Å². The highest BCUT2D eigenvalue weighted by molar-refractivity contribution is 8.15. The highest BCUT2D eigenvalue weighted by Gasteiger charge is 2.38. The number of hydrogen-bond donors (Lipinski definition) is 1. The van der Waals surface area contributed by atoms with Gasteiger partial charge >= 0.3 is 0 Å². The van der Waals surface area contributed by atoms with Crippen LogP contribution in [0.15, 0.2) is 23.2 Å². The molecule has 158 valence electrons. The van der Waals surface area contributed by atoms with E-state index in [-0.39, 0.29) is 24.3 Å². The van der Waals surface area contributed by atoms with E-state index in [1.54, 1.807) is 37.3 Å². The van der Waals surface area contributed by atoms with Crippen LogP contribution in [-0.4, -0.2) is 53.9 Å². The summed E-state index contributed by atoms with van der Waals surface area (Å²) in [4.78, 5) is 31.6. The molecule has 2 fully saturated rings. The third-order valence-electron chi connectivity index (χ3n) is 5.28. The minimum absolute atomic E-state index is 0.0565. The first-order valence-electron chi connectivity index (χ1n) is 10.1. The van der Waals surface area contributed by atoms with Gasteiger partial charge in [0, 0.05) is 25.1 Å². The van der Waals surface area contributed by atoms with Gasteiger partial charge in [-0.3, -0.25) is 14.5 Å². The lowest BCUT2D eigenvalue weighted by Crippen LogP contribution is -2.39. The summed E-state index contributed by atoms with van der Waals surface area (Å²) >= 11 is 1.34. The summed E-state index contributed by atoms with van der Waals surface area (Å²) in [6.07, 6.45) is 5.78. The first kappa shape index (κ1) is 21.5. The Bertz CT molecular complexity index is 777. The van der Waals surface area contributed by atoms with Gasteiger partial charge in [-0.2, -0.15) is 0 Å². The first-order valence-corrected chi connectivity index (χ1v) is 11.0. The summed E-state index contributed by atoms with van der Waals surface area (Å²) in [5, 5.41) is 3.23. The SMILES string of the molecule is CCN1C(=O)C(CC(=O)NC2CCCCC2)SC1=Nc1cc(OC)ccc1OC. The van der Waals surface area contributed by atoms with Crippen molar-refractivity contribution in [2.24, 2.45) is 4.99 Å². The van der Waals surface area contributed by atoms with Crippen molar-refractivity contribution in [1.82, 2.24) is 10.2 Å². The molecule has 2 aliphatic rings. The molecule has 1 atom stereocenters. The molecule has 2 amide bonds. The molecule has 3 rings (SSSR count). The molecule has 29 heavy (non-hydrogen) atoms. The number of amidine groups is 1. The number of amides is 2. The van der Waals surface area contributed by atoms with Gasteiger partial charge in [0.05, 0.1) is 14.2 Å². The van der Waals surface area contributed by atoms with E-state index in [4.69, 9.17) is 9.47 Å². The lowest BCUT2D eigenvalue weighted by Gasteiger charge is -2.23. The number of benzene rings is 1. The fourth-order valence-corrected chi connectivity index (χ4v) is 4.92. The van der Waals surface area contributed by atoms with Crippen molar-refractivity contribution < 1.29 is 19.1 Å². The minimum atomic E-state index is -0.450. The number of nitrogens with zero attached hydrogens (tertiary/aromatic N) is 2. The number of aliphatic imine (C=N–C) groups is 1. The third-order valence-corrected chi connectivity index (χ3v) is 6.45. The van der Waals surface area contributed by atoms with E-state index in [1.807, 2.05) is 6.92 Å². The Labute approximate surface area is 176 Å². The Balaban J connectivity index is 1.73. The summed E-state index contributed by atoms with van der Waals surface area (Å²) in [6.45, 7) is 2.40. The average molecular weight is 420 g/mol. The number of rotatable bonds is 7. The first-order chi connectivity index (χ1) is 14.0. The predicted molar refractivity (Wildman–Crippen MR) is 115 cm³/mol. The number of carbonyl (C=O) groups is 2. The van der Waals surface area contributed by atoms with Crippen LogP contribution in [0.1, 0.15) is 45.4 Å². The number of methoxy groups -OCH3 is 2. The van der Waals surface area contributed by atoms with E-state index in [9.17, 15) is 9.59 Å². The molecule has 0 aromatic heterocycles. The maximum absolute atomic E-state index is 12.8. The lowest BCUT2D eigenvalue weighted by molar-refractivity contribution is -0.129. The second-order valence-corrected chi connectivity index (χ2v) is 8.40. The van der Waals surface area contributed by atoms with Gasteiger partial charge in [0.2, 0.25) is 11.8 Å².